The van der Waals surface area contributed by atoms with E-state index in [1.165, 1.54) is 0 Å². The van der Waals surface area contributed by atoms with Crippen LogP contribution in [0, 0.1) is 0 Å². The molecule has 0 unspecified atom stereocenters. The van der Waals surface area contributed by atoms with Gasteiger partial charge in [0.05, 0.1) is 6.61 Å². The molecule has 3 heteroatoms. The SMILES string of the molecule is CCOc1ccc(Nc2cccc(O)c2)cc1. The summed E-state index contributed by atoms with van der Waals surface area (Å²) < 4.78 is 5.36. The molecule has 0 bridgehead atoms. The van der Waals surface area contributed by atoms with Crippen LogP contribution in [0.1, 0.15) is 6.92 Å². The Hall–Kier alpha value is -2.16. The summed E-state index contributed by atoms with van der Waals surface area (Å²) >= 11 is 0. The number of phenolic OH excluding ortho intramolecular Hbond substituents is 1. The van der Waals surface area contributed by atoms with Crippen LogP contribution in [0.25, 0.3) is 0 Å². The van der Waals surface area contributed by atoms with Crippen LogP contribution >= 0.6 is 0 Å². The topological polar surface area (TPSA) is 41.5 Å². The van der Waals surface area contributed by atoms with E-state index in [1.807, 2.05) is 37.3 Å². The van der Waals surface area contributed by atoms with Crippen LogP contribution in [0.3, 0.4) is 0 Å². The van der Waals surface area contributed by atoms with Crippen molar-refractivity contribution in [1.29, 1.82) is 0 Å². The highest BCUT2D eigenvalue weighted by molar-refractivity contribution is 5.61. The number of hydrogen-bond acceptors (Lipinski definition) is 3. The fourth-order valence-electron chi connectivity index (χ4n) is 1.55. The lowest BCUT2D eigenvalue weighted by atomic mass is 10.2. The molecule has 2 N–H and O–H groups in total. The molecule has 0 fully saturated rings. The van der Waals surface area contributed by atoms with Crippen molar-refractivity contribution < 1.29 is 9.84 Å². The van der Waals surface area contributed by atoms with Crippen LogP contribution in [0.4, 0.5) is 11.4 Å². The van der Waals surface area contributed by atoms with Crippen LogP contribution in [0.2, 0.25) is 0 Å². The standard InChI is InChI=1S/C14H15NO2/c1-2-17-14-8-6-11(7-9-14)15-12-4-3-5-13(16)10-12/h3-10,15-16H,2H2,1H3. The molecule has 0 radical (unpaired) electrons. The van der Waals surface area contributed by atoms with Crippen LogP contribution in [0.5, 0.6) is 11.5 Å². The van der Waals surface area contributed by atoms with E-state index in [0.29, 0.717) is 6.61 Å². The maximum Gasteiger partial charge on any atom is 0.119 e. The minimum Gasteiger partial charge on any atom is -0.508 e. The lowest BCUT2D eigenvalue weighted by Gasteiger charge is -2.08. The molecule has 2 aromatic carbocycles. The zero-order valence-corrected chi connectivity index (χ0v) is 9.68. The first-order valence-corrected chi connectivity index (χ1v) is 5.57. The third-order valence-electron chi connectivity index (χ3n) is 2.30. The van der Waals surface area contributed by atoms with E-state index in [0.717, 1.165) is 17.1 Å². The minimum absolute atomic E-state index is 0.251. The van der Waals surface area contributed by atoms with Gasteiger partial charge in [0.25, 0.3) is 0 Å². The lowest BCUT2D eigenvalue weighted by molar-refractivity contribution is 0.340. The Labute approximate surface area is 101 Å². The number of rotatable bonds is 4. The van der Waals surface area contributed by atoms with Gasteiger partial charge in [0.2, 0.25) is 0 Å². The van der Waals surface area contributed by atoms with E-state index in [1.54, 1.807) is 18.2 Å². The zero-order chi connectivity index (χ0) is 12.1. The third-order valence-corrected chi connectivity index (χ3v) is 2.30. The summed E-state index contributed by atoms with van der Waals surface area (Å²) in [5.74, 6) is 1.11. The average Bonchev–Trinajstić information content (AvgIpc) is 2.32. The smallest absolute Gasteiger partial charge is 0.119 e. The van der Waals surface area contributed by atoms with Crippen molar-refractivity contribution in [2.45, 2.75) is 6.92 Å². The maximum absolute atomic E-state index is 9.35. The summed E-state index contributed by atoms with van der Waals surface area (Å²) in [5.41, 5.74) is 1.81. The first kappa shape index (κ1) is 11.3. The molecule has 0 heterocycles. The largest absolute Gasteiger partial charge is 0.508 e. The van der Waals surface area contributed by atoms with Crippen molar-refractivity contribution in [2.75, 3.05) is 11.9 Å². The normalized spacial score (nSPS) is 9.94. The second kappa shape index (κ2) is 5.25. The number of aromatic hydroxyl groups is 1. The molecular weight excluding hydrogens is 214 g/mol. The van der Waals surface area contributed by atoms with Gasteiger partial charge >= 0.3 is 0 Å². The number of anilines is 2. The third kappa shape index (κ3) is 3.14. The Morgan fingerprint density at radius 3 is 2.47 bits per heavy atom. The van der Waals surface area contributed by atoms with Gasteiger partial charge in [-0.05, 0) is 43.3 Å². The van der Waals surface area contributed by atoms with Crippen LogP contribution in [-0.4, -0.2) is 11.7 Å². The Bertz CT molecular complexity index is 480. The van der Waals surface area contributed by atoms with Gasteiger partial charge in [-0.25, -0.2) is 0 Å². The predicted molar refractivity (Wildman–Crippen MR) is 69.0 cm³/mol. The summed E-state index contributed by atoms with van der Waals surface area (Å²) in [4.78, 5) is 0. The first-order chi connectivity index (χ1) is 8.28. The van der Waals surface area contributed by atoms with E-state index in [2.05, 4.69) is 5.32 Å². The average molecular weight is 229 g/mol. The Morgan fingerprint density at radius 2 is 1.82 bits per heavy atom. The van der Waals surface area contributed by atoms with Gasteiger partial charge < -0.3 is 15.2 Å². The van der Waals surface area contributed by atoms with E-state index >= 15 is 0 Å². The number of nitrogens with one attached hydrogen (secondary N) is 1. The molecule has 0 amide bonds. The van der Waals surface area contributed by atoms with E-state index in [-0.39, 0.29) is 5.75 Å². The highest BCUT2D eigenvalue weighted by Crippen LogP contribution is 2.22. The van der Waals surface area contributed by atoms with Gasteiger partial charge in [-0.15, -0.1) is 0 Å². The molecule has 0 aromatic heterocycles. The highest BCUT2D eigenvalue weighted by atomic mass is 16.5. The van der Waals surface area contributed by atoms with Crippen molar-refractivity contribution in [2.24, 2.45) is 0 Å². The van der Waals surface area contributed by atoms with Crippen LogP contribution < -0.4 is 10.1 Å². The monoisotopic (exact) mass is 229 g/mol. The lowest BCUT2D eigenvalue weighted by Crippen LogP contribution is -1.92. The molecule has 2 aromatic rings. The number of benzene rings is 2. The van der Waals surface area contributed by atoms with Gasteiger partial charge in [0.1, 0.15) is 11.5 Å². The second-order valence-electron chi connectivity index (χ2n) is 3.63. The van der Waals surface area contributed by atoms with Gasteiger partial charge in [-0.2, -0.15) is 0 Å². The van der Waals surface area contributed by atoms with Crippen molar-refractivity contribution in [3.63, 3.8) is 0 Å². The molecule has 88 valence electrons. The van der Waals surface area contributed by atoms with E-state index in [9.17, 15) is 5.11 Å². The van der Waals surface area contributed by atoms with Crippen molar-refractivity contribution >= 4 is 11.4 Å². The summed E-state index contributed by atoms with van der Waals surface area (Å²) in [6, 6.07) is 14.7. The second-order valence-corrected chi connectivity index (χ2v) is 3.63. The molecule has 0 aliphatic rings. The molecular formula is C14H15NO2. The van der Waals surface area contributed by atoms with E-state index < -0.39 is 0 Å². The Morgan fingerprint density at radius 1 is 1.06 bits per heavy atom. The Balaban J connectivity index is 2.08. The Kier molecular flexibility index (Phi) is 3.50. The fraction of sp³-hybridized carbons (Fsp3) is 0.143. The minimum atomic E-state index is 0.251. The van der Waals surface area contributed by atoms with Crippen LogP contribution in [-0.2, 0) is 0 Å². The maximum atomic E-state index is 9.35. The number of phenols is 1. The quantitative estimate of drug-likeness (QED) is 0.842. The molecule has 0 aliphatic carbocycles. The highest BCUT2D eigenvalue weighted by Gasteiger charge is 1.97. The van der Waals surface area contributed by atoms with Gasteiger partial charge in [0, 0.05) is 17.4 Å². The summed E-state index contributed by atoms with van der Waals surface area (Å²) in [5, 5.41) is 12.5. The predicted octanol–water partition coefficient (Wildman–Crippen LogP) is 3.53. The number of ether oxygens (including phenoxy) is 1. The molecule has 3 nitrogen and oxygen atoms in total. The molecule has 0 saturated carbocycles. The zero-order valence-electron chi connectivity index (χ0n) is 9.68. The first-order valence-electron chi connectivity index (χ1n) is 5.57. The van der Waals surface area contributed by atoms with Crippen LogP contribution in [0.15, 0.2) is 48.5 Å². The summed E-state index contributed by atoms with van der Waals surface area (Å²) in [6.45, 7) is 2.62. The summed E-state index contributed by atoms with van der Waals surface area (Å²) in [6.07, 6.45) is 0. The molecule has 0 saturated heterocycles. The van der Waals surface area contributed by atoms with Crippen molar-refractivity contribution in [3.8, 4) is 11.5 Å². The van der Waals surface area contributed by atoms with Crippen molar-refractivity contribution in [3.05, 3.63) is 48.5 Å². The molecule has 17 heavy (non-hydrogen) atoms. The van der Waals surface area contributed by atoms with Crippen molar-refractivity contribution in [1.82, 2.24) is 0 Å². The summed E-state index contributed by atoms with van der Waals surface area (Å²) in [7, 11) is 0. The van der Waals surface area contributed by atoms with Gasteiger partial charge in [-0.1, -0.05) is 6.07 Å². The number of hydrogen-bond donors (Lipinski definition) is 2. The fourth-order valence-corrected chi connectivity index (χ4v) is 1.55. The molecule has 0 spiro atoms. The molecule has 0 aliphatic heterocycles. The molecule has 2 rings (SSSR count). The van der Waals surface area contributed by atoms with E-state index in [4.69, 9.17) is 4.74 Å². The van der Waals surface area contributed by atoms with Gasteiger partial charge in [-0.3, -0.25) is 0 Å². The molecule has 0 atom stereocenters. The van der Waals surface area contributed by atoms with Gasteiger partial charge in [0.15, 0.2) is 0 Å².